The highest BCUT2D eigenvalue weighted by atomic mass is 15.1. The smallest absolute Gasteiger partial charge is 0.138 e. The lowest BCUT2D eigenvalue weighted by Gasteiger charge is -2.18. The first-order chi connectivity index (χ1) is 8.02. The molecule has 4 heteroatoms. The zero-order valence-corrected chi connectivity index (χ0v) is 10.5. The minimum absolute atomic E-state index is 0.122. The van der Waals surface area contributed by atoms with E-state index in [9.17, 15) is 0 Å². The number of hydrogen-bond acceptors (Lipinski definition) is 3. The first-order valence-corrected chi connectivity index (χ1v) is 5.71. The molecule has 0 radical (unpaired) electrons. The minimum atomic E-state index is 0.122. The molecule has 0 unspecified atom stereocenters. The van der Waals surface area contributed by atoms with E-state index in [4.69, 9.17) is 5.73 Å². The molecule has 0 saturated carbocycles. The number of nitrogens with two attached hydrogens (primary N) is 1. The van der Waals surface area contributed by atoms with Crippen molar-refractivity contribution in [3.8, 4) is 5.82 Å². The van der Waals surface area contributed by atoms with E-state index < -0.39 is 0 Å². The predicted molar refractivity (Wildman–Crippen MR) is 68.0 cm³/mol. The van der Waals surface area contributed by atoms with Crippen LogP contribution in [0, 0.1) is 0 Å². The van der Waals surface area contributed by atoms with Crippen LogP contribution in [0.3, 0.4) is 0 Å². The molecule has 0 amide bonds. The fourth-order valence-corrected chi connectivity index (χ4v) is 1.67. The lowest BCUT2D eigenvalue weighted by atomic mass is 9.88. The third kappa shape index (κ3) is 2.36. The fraction of sp³-hybridized carbons (Fsp3) is 0.385. The number of hydrogen-bond donors (Lipinski definition) is 1. The molecule has 0 fully saturated rings. The molecule has 0 atom stereocenters. The molecular weight excluding hydrogens is 212 g/mol. The Kier molecular flexibility index (Phi) is 2.98. The summed E-state index contributed by atoms with van der Waals surface area (Å²) in [5.74, 6) is 1.68. The first kappa shape index (κ1) is 11.8. The van der Waals surface area contributed by atoms with E-state index in [0.717, 1.165) is 11.6 Å². The van der Waals surface area contributed by atoms with Gasteiger partial charge in [0, 0.05) is 18.6 Å². The van der Waals surface area contributed by atoms with Crippen molar-refractivity contribution in [1.82, 2.24) is 14.5 Å². The summed E-state index contributed by atoms with van der Waals surface area (Å²) >= 11 is 0. The molecule has 2 heterocycles. The van der Waals surface area contributed by atoms with Gasteiger partial charge in [0.2, 0.25) is 0 Å². The molecular formula is C13H18N4. The van der Waals surface area contributed by atoms with Gasteiger partial charge in [0.05, 0.1) is 6.54 Å². The van der Waals surface area contributed by atoms with E-state index >= 15 is 0 Å². The van der Waals surface area contributed by atoms with Gasteiger partial charge in [0.1, 0.15) is 11.6 Å². The van der Waals surface area contributed by atoms with Crippen LogP contribution in [-0.2, 0) is 12.0 Å². The van der Waals surface area contributed by atoms with E-state index in [1.54, 1.807) is 6.20 Å². The molecule has 0 aliphatic rings. The van der Waals surface area contributed by atoms with Crippen molar-refractivity contribution in [3.05, 3.63) is 42.1 Å². The van der Waals surface area contributed by atoms with Gasteiger partial charge in [-0.25, -0.2) is 9.97 Å². The van der Waals surface area contributed by atoms with Crippen LogP contribution >= 0.6 is 0 Å². The molecule has 4 nitrogen and oxygen atoms in total. The molecule has 0 aliphatic carbocycles. The molecule has 0 spiro atoms. The Morgan fingerprint density at radius 3 is 2.53 bits per heavy atom. The topological polar surface area (TPSA) is 56.7 Å². The van der Waals surface area contributed by atoms with Gasteiger partial charge in [0.25, 0.3) is 0 Å². The van der Waals surface area contributed by atoms with E-state index in [1.165, 1.54) is 5.56 Å². The van der Waals surface area contributed by atoms with Crippen LogP contribution < -0.4 is 5.73 Å². The van der Waals surface area contributed by atoms with Gasteiger partial charge in [-0.3, -0.25) is 4.57 Å². The maximum Gasteiger partial charge on any atom is 0.138 e. The Bertz CT molecular complexity index is 491. The summed E-state index contributed by atoms with van der Waals surface area (Å²) in [4.78, 5) is 8.64. The van der Waals surface area contributed by atoms with Crippen molar-refractivity contribution >= 4 is 0 Å². The van der Waals surface area contributed by atoms with Gasteiger partial charge in [0.15, 0.2) is 0 Å². The Hall–Kier alpha value is -1.68. The van der Waals surface area contributed by atoms with Crippen LogP contribution in [0.15, 0.2) is 30.7 Å². The molecule has 90 valence electrons. The normalized spacial score (nSPS) is 11.8. The standard InChI is InChI=1S/C13H18N4/c1-13(2,3)10-4-5-11(16-9-10)17-7-6-15-12(17)8-14/h4-7,9H,8,14H2,1-3H3. The molecule has 0 aromatic carbocycles. The van der Waals surface area contributed by atoms with Crippen molar-refractivity contribution in [2.24, 2.45) is 5.73 Å². The summed E-state index contributed by atoms with van der Waals surface area (Å²) in [7, 11) is 0. The quantitative estimate of drug-likeness (QED) is 0.858. The van der Waals surface area contributed by atoms with Crippen molar-refractivity contribution in [3.63, 3.8) is 0 Å². The average Bonchev–Trinajstić information content (AvgIpc) is 2.76. The minimum Gasteiger partial charge on any atom is -0.324 e. The van der Waals surface area contributed by atoms with Gasteiger partial charge >= 0.3 is 0 Å². The van der Waals surface area contributed by atoms with Crippen molar-refractivity contribution in [2.45, 2.75) is 32.7 Å². The van der Waals surface area contributed by atoms with Gasteiger partial charge in [-0.2, -0.15) is 0 Å². The Balaban J connectivity index is 2.36. The third-order valence-electron chi connectivity index (χ3n) is 2.76. The SMILES string of the molecule is CC(C)(C)c1ccc(-n2ccnc2CN)nc1. The highest BCUT2D eigenvalue weighted by Crippen LogP contribution is 2.21. The van der Waals surface area contributed by atoms with Crippen LogP contribution in [0.5, 0.6) is 0 Å². The van der Waals surface area contributed by atoms with Crippen LogP contribution in [0.1, 0.15) is 32.2 Å². The second kappa shape index (κ2) is 4.30. The molecule has 2 aromatic heterocycles. The highest BCUT2D eigenvalue weighted by Gasteiger charge is 2.14. The number of imidazole rings is 1. The number of rotatable bonds is 2. The predicted octanol–water partition coefficient (Wildman–Crippen LogP) is 2.02. The lowest BCUT2D eigenvalue weighted by Crippen LogP contribution is -2.12. The van der Waals surface area contributed by atoms with E-state index in [1.807, 2.05) is 23.0 Å². The van der Waals surface area contributed by atoms with E-state index in [2.05, 4.69) is 36.8 Å². The maximum atomic E-state index is 5.62. The molecule has 2 aromatic rings. The third-order valence-corrected chi connectivity index (χ3v) is 2.76. The van der Waals surface area contributed by atoms with Crippen LogP contribution in [0.4, 0.5) is 0 Å². The van der Waals surface area contributed by atoms with Crippen LogP contribution in [0.25, 0.3) is 5.82 Å². The summed E-state index contributed by atoms with van der Waals surface area (Å²) in [5.41, 5.74) is 6.96. The number of aromatic nitrogens is 3. The van der Waals surface area contributed by atoms with Crippen LogP contribution in [0.2, 0.25) is 0 Å². The largest absolute Gasteiger partial charge is 0.324 e. The molecule has 0 bridgehead atoms. The summed E-state index contributed by atoms with van der Waals surface area (Å²) in [6, 6.07) is 4.10. The highest BCUT2D eigenvalue weighted by molar-refractivity contribution is 5.30. The Morgan fingerprint density at radius 1 is 1.24 bits per heavy atom. The summed E-state index contributed by atoms with van der Waals surface area (Å²) < 4.78 is 1.91. The van der Waals surface area contributed by atoms with Crippen molar-refractivity contribution in [1.29, 1.82) is 0 Å². The lowest BCUT2D eigenvalue weighted by molar-refractivity contribution is 0.587. The van der Waals surface area contributed by atoms with E-state index in [0.29, 0.717) is 6.54 Å². The second-order valence-corrected chi connectivity index (χ2v) is 5.07. The van der Waals surface area contributed by atoms with Gasteiger partial charge in [-0.15, -0.1) is 0 Å². The molecule has 0 aliphatic heterocycles. The van der Waals surface area contributed by atoms with Crippen molar-refractivity contribution < 1.29 is 0 Å². The summed E-state index contributed by atoms with van der Waals surface area (Å²) in [6.07, 6.45) is 5.53. The molecule has 2 N–H and O–H groups in total. The average molecular weight is 230 g/mol. The molecule has 17 heavy (non-hydrogen) atoms. The zero-order chi connectivity index (χ0) is 12.5. The summed E-state index contributed by atoms with van der Waals surface area (Å²) in [6.45, 7) is 6.93. The molecule has 0 saturated heterocycles. The van der Waals surface area contributed by atoms with Gasteiger partial charge in [-0.05, 0) is 17.0 Å². The first-order valence-electron chi connectivity index (χ1n) is 5.71. The summed E-state index contributed by atoms with van der Waals surface area (Å²) in [5, 5.41) is 0. The Labute approximate surface area is 102 Å². The number of nitrogens with zero attached hydrogens (tertiary/aromatic N) is 3. The van der Waals surface area contributed by atoms with E-state index in [-0.39, 0.29) is 5.41 Å². The van der Waals surface area contributed by atoms with Crippen LogP contribution in [-0.4, -0.2) is 14.5 Å². The van der Waals surface area contributed by atoms with Gasteiger partial charge in [-0.1, -0.05) is 26.8 Å². The maximum absolute atomic E-state index is 5.62. The fourth-order valence-electron chi connectivity index (χ4n) is 1.67. The monoisotopic (exact) mass is 230 g/mol. The molecule has 2 rings (SSSR count). The van der Waals surface area contributed by atoms with Gasteiger partial charge < -0.3 is 5.73 Å². The zero-order valence-electron chi connectivity index (χ0n) is 10.5. The second-order valence-electron chi connectivity index (χ2n) is 5.07. The van der Waals surface area contributed by atoms with Crippen molar-refractivity contribution in [2.75, 3.05) is 0 Å². The Morgan fingerprint density at radius 2 is 2.00 bits per heavy atom. The number of pyridine rings is 1.